The van der Waals surface area contributed by atoms with Crippen molar-refractivity contribution < 1.29 is 14.3 Å². The Bertz CT molecular complexity index is 1140. The van der Waals surface area contributed by atoms with Gasteiger partial charge in [0, 0.05) is 20.1 Å². The van der Waals surface area contributed by atoms with Crippen LogP contribution in [0.25, 0.3) is 0 Å². The monoisotopic (exact) mass is 473 g/mol. The summed E-state index contributed by atoms with van der Waals surface area (Å²) >= 11 is 0. The Morgan fingerprint density at radius 1 is 1.09 bits per heavy atom. The van der Waals surface area contributed by atoms with Crippen molar-refractivity contribution >= 4 is 23.3 Å². The average Bonchev–Trinajstić information content (AvgIpc) is 2.74. The van der Waals surface area contributed by atoms with Crippen LogP contribution in [0, 0.1) is 18.8 Å². The Labute approximate surface area is 199 Å². The number of nitrogens with zero attached hydrogens (tertiary/aromatic N) is 3. The van der Waals surface area contributed by atoms with Gasteiger partial charge in [0.2, 0.25) is 5.91 Å². The molecule has 0 radical (unpaired) electrons. The Morgan fingerprint density at radius 3 is 2.32 bits per heavy atom. The number of nitrogens with one attached hydrogen (secondary N) is 1. The van der Waals surface area contributed by atoms with Crippen molar-refractivity contribution in [3.8, 4) is 5.75 Å². The summed E-state index contributed by atoms with van der Waals surface area (Å²) in [7, 11) is 1.49. The van der Waals surface area contributed by atoms with Gasteiger partial charge in [-0.25, -0.2) is 4.79 Å². The fourth-order valence-corrected chi connectivity index (χ4v) is 3.41. The van der Waals surface area contributed by atoms with Crippen LogP contribution >= 0.6 is 0 Å². The highest BCUT2D eigenvalue weighted by atomic mass is 16.5. The van der Waals surface area contributed by atoms with Crippen molar-refractivity contribution in [3.63, 3.8) is 0 Å². The minimum absolute atomic E-state index is 0.00127. The normalized spacial score (nSPS) is 11.1. The zero-order chi connectivity index (χ0) is 25.6. The van der Waals surface area contributed by atoms with Gasteiger partial charge in [-0.15, -0.1) is 0 Å². The fourth-order valence-electron chi connectivity index (χ4n) is 3.41. The van der Waals surface area contributed by atoms with Crippen LogP contribution in [0.15, 0.2) is 33.9 Å². The summed E-state index contributed by atoms with van der Waals surface area (Å²) < 4.78 is 6.84. The van der Waals surface area contributed by atoms with E-state index in [2.05, 4.69) is 4.98 Å². The predicted octanol–water partition coefficient (Wildman–Crippen LogP) is 1.61. The topological polar surface area (TPSA) is 131 Å². The van der Waals surface area contributed by atoms with Crippen molar-refractivity contribution in [2.75, 3.05) is 37.4 Å². The summed E-state index contributed by atoms with van der Waals surface area (Å²) in [6, 6.07) is 7.32. The highest BCUT2D eigenvalue weighted by Crippen LogP contribution is 2.20. The first-order chi connectivity index (χ1) is 15.9. The molecule has 0 atom stereocenters. The van der Waals surface area contributed by atoms with E-state index < -0.39 is 23.1 Å². The van der Waals surface area contributed by atoms with Gasteiger partial charge in [-0.05, 0) is 30.4 Å². The van der Waals surface area contributed by atoms with E-state index in [1.54, 1.807) is 6.07 Å². The predicted molar refractivity (Wildman–Crippen MR) is 132 cm³/mol. The number of aromatic nitrogens is 2. The first kappa shape index (κ1) is 26.7. The van der Waals surface area contributed by atoms with Gasteiger partial charge < -0.3 is 20.3 Å². The number of carbonyl (C=O) groups is 2. The lowest BCUT2D eigenvalue weighted by Gasteiger charge is -2.28. The number of para-hydroxylation sites is 1. The molecule has 2 amide bonds. The molecule has 3 N–H and O–H groups in total. The summed E-state index contributed by atoms with van der Waals surface area (Å²) in [6.45, 7) is 9.42. The van der Waals surface area contributed by atoms with Gasteiger partial charge in [0.25, 0.3) is 11.5 Å². The second-order valence-corrected chi connectivity index (χ2v) is 9.20. The molecule has 1 aromatic heterocycles. The van der Waals surface area contributed by atoms with Crippen LogP contribution in [0.2, 0.25) is 0 Å². The number of nitrogens with two attached hydrogens (primary N) is 1. The third-order valence-electron chi connectivity index (χ3n) is 5.12. The first-order valence-corrected chi connectivity index (χ1v) is 11.3. The highest BCUT2D eigenvalue weighted by molar-refractivity contribution is 5.98. The van der Waals surface area contributed by atoms with Crippen LogP contribution in [0.3, 0.4) is 0 Å². The minimum atomic E-state index is -0.742. The lowest BCUT2D eigenvalue weighted by molar-refractivity contribution is -0.135. The van der Waals surface area contributed by atoms with Crippen LogP contribution in [0.4, 0.5) is 11.5 Å². The quantitative estimate of drug-likeness (QED) is 0.539. The Morgan fingerprint density at radius 2 is 1.74 bits per heavy atom. The molecule has 0 unspecified atom stereocenters. The average molecular weight is 474 g/mol. The van der Waals surface area contributed by atoms with Crippen molar-refractivity contribution in [3.05, 3.63) is 50.7 Å². The van der Waals surface area contributed by atoms with E-state index in [0.717, 1.165) is 5.56 Å². The third-order valence-corrected chi connectivity index (χ3v) is 5.12. The first-order valence-electron chi connectivity index (χ1n) is 11.3. The molecule has 0 spiro atoms. The number of hydrogen-bond donors (Lipinski definition) is 2. The van der Waals surface area contributed by atoms with Crippen LogP contribution in [0.5, 0.6) is 5.75 Å². The molecular weight excluding hydrogens is 438 g/mol. The molecule has 2 aromatic rings. The molecule has 0 saturated carbocycles. The number of aromatic amines is 1. The van der Waals surface area contributed by atoms with Crippen LogP contribution in [-0.2, 0) is 16.1 Å². The summed E-state index contributed by atoms with van der Waals surface area (Å²) in [5, 5.41) is 0. The highest BCUT2D eigenvalue weighted by Gasteiger charge is 2.27. The lowest BCUT2D eigenvalue weighted by atomic mass is 10.2. The lowest BCUT2D eigenvalue weighted by Crippen LogP contribution is -2.47. The second kappa shape index (κ2) is 11.5. The van der Waals surface area contributed by atoms with E-state index >= 15 is 0 Å². The Balaban J connectivity index is 2.26. The summed E-state index contributed by atoms with van der Waals surface area (Å²) in [6.07, 6.45) is 0. The van der Waals surface area contributed by atoms with Crippen molar-refractivity contribution in [2.24, 2.45) is 11.8 Å². The summed E-state index contributed by atoms with van der Waals surface area (Å²) in [4.78, 5) is 55.6. The van der Waals surface area contributed by atoms with E-state index in [1.807, 2.05) is 52.8 Å². The van der Waals surface area contributed by atoms with E-state index in [9.17, 15) is 19.2 Å². The summed E-state index contributed by atoms with van der Waals surface area (Å²) in [5.74, 6) is -0.291. The Hall–Kier alpha value is -3.56. The zero-order valence-electron chi connectivity index (χ0n) is 20.8. The van der Waals surface area contributed by atoms with Gasteiger partial charge in [0.05, 0.1) is 6.54 Å². The number of hydrogen-bond acceptors (Lipinski definition) is 6. The van der Waals surface area contributed by atoms with Crippen molar-refractivity contribution in [2.45, 2.75) is 41.2 Å². The number of rotatable bonds is 10. The van der Waals surface area contributed by atoms with Gasteiger partial charge >= 0.3 is 5.69 Å². The van der Waals surface area contributed by atoms with Crippen molar-refractivity contribution in [1.82, 2.24) is 14.5 Å². The minimum Gasteiger partial charge on any atom is -0.484 e. The molecule has 1 aromatic carbocycles. The maximum Gasteiger partial charge on any atom is 0.330 e. The molecule has 0 saturated heterocycles. The molecule has 2 rings (SSSR count). The maximum atomic E-state index is 13.2. The molecule has 1 heterocycles. The molecule has 0 aliphatic rings. The van der Waals surface area contributed by atoms with E-state index in [0.29, 0.717) is 5.75 Å². The molecule has 0 fully saturated rings. The molecule has 10 heteroatoms. The number of H-pyrrole nitrogens is 1. The van der Waals surface area contributed by atoms with E-state index in [1.165, 1.54) is 21.4 Å². The largest absolute Gasteiger partial charge is 0.484 e. The van der Waals surface area contributed by atoms with E-state index in [-0.39, 0.29) is 49.6 Å². The number of amides is 2. The SMILES string of the molecule is Cc1ccccc1OCC(=O)N(C)CC(=O)N(CC(C)C)c1c(N)n(CC(C)C)c(=O)[nH]c1=O. The molecule has 0 aliphatic carbocycles. The molecule has 0 aliphatic heterocycles. The molecular formula is C24H35N5O5. The third kappa shape index (κ3) is 6.72. The number of benzene rings is 1. The zero-order valence-corrected chi connectivity index (χ0v) is 20.8. The van der Waals surface area contributed by atoms with Crippen LogP contribution < -0.4 is 26.6 Å². The van der Waals surface area contributed by atoms with Gasteiger partial charge in [-0.3, -0.25) is 23.9 Å². The van der Waals surface area contributed by atoms with Crippen molar-refractivity contribution in [1.29, 1.82) is 0 Å². The molecule has 10 nitrogen and oxygen atoms in total. The fraction of sp³-hybridized carbons (Fsp3) is 0.500. The number of aryl methyl sites for hydroxylation is 1. The number of likely N-dealkylation sites (N-methyl/N-ethyl adjacent to an activating group) is 1. The smallest absolute Gasteiger partial charge is 0.330 e. The summed E-state index contributed by atoms with van der Waals surface area (Å²) in [5.41, 5.74) is 5.65. The molecule has 186 valence electrons. The maximum absolute atomic E-state index is 13.2. The molecule has 34 heavy (non-hydrogen) atoms. The van der Waals surface area contributed by atoms with Crippen LogP contribution in [0.1, 0.15) is 33.3 Å². The number of carbonyl (C=O) groups excluding carboxylic acids is 2. The van der Waals surface area contributed by atoms with E-state index in [4.69, 9.17) is 10.5 Å². The number of ether oxygens (including phenoxy) is 1. The van der Waals surface area contributed by atoms with Gasteiger partial charge in [-0.2, -0.15) is 0 Å². The number of nitrogen functional groups attached to an aromatic ring is 1. The Kier molecular flexibility index (Phi) is 9.05. The van der Waals surface area contributed by atoms with Gasteiger partial charge in [0.15, 0.2) is 12.3 Å². The van der Waals surface area contributed by atoms with Crippen LogP contribution in [-0.4, -0.2) is 53.0 Å². The van der Waals surface area contributed by atoms with Gasteiger partial charge in [0.1, 0.15) is 11.6 Å². The standard InChI is InChI=1S/C24H35N5O5/c1-15(2)11-28(21-22(25)29(12-16(3)4)24(33)26-23(21)32)19(30)13-27(6)20(31)14-34-18-10-8-7-9-17(18)5/h7-10,15-16H,11-14,25H2,1-6H3,(H,26,32,33). The second-order valence-electron chi connectivity index (χ2n) is 9.20. The number of anilines is 2. The van der Waals surface area contributed by atoms with Gasteiger partial charge in [-0.1, -0.05) is 45.9 Å². The molecule has 0 bridgehead atoms.